The van der Waals surface area contributed by atoms with Crippen LogP contribution in [0.4, 0.5) is 4.39 Å². The van der Waals surface area contributed by atoms with E-state index in [1.807, 2.05) is 0 Å². The van der Waals surface area contributed by atoms with Gasteiger partial charge >= 0.3 is 0 Å². The first-order valence-corrected chi connectivity index (χ1v) is 7.82. The Morgan fingerprint density at radius 3 is 2.81 bits per heavy atom. The maximum absolute atomic E-state index is 13.0. The molecule has 1 aromatic rings. The van der Waals surface area contributed by atoms with Crippen LogP contribution in [-0.4, -0.2) is 19.0 Å². The molecule has 2 aliphatic rings. The third-order valence-electron chi connectivity index (χ3n) is 4.57. The van der Waals surface area contributed by atoms with Crippen LogP contribution in [0.3, 0.4) is 0 Å². The number of hydrogen-bond acceptors (Lipinski definition) is 2. The van der Waals surface area contributed by atoms with Crippen molar-refractivity contribution < 1.29 is 9.18 Å². The molecule has 1 saturated heterocycles. The Balaban J connectivity index is 0.00000161. The van der Waals surface area contributed by atoms with E-state index in [2.05, 4.69) is 26.6 Å². The maximum Gasteiger partial charge on any atom is 0.223 e. The number of nitrogens with one attached hydrogen (secondary N) is 2. The molecule has 1 spiro atoms. The van der Waals surface area contributed by atoms with E-state index in [9.17, 15) is 9.18 Å². The molecule has 0 radical (unpaired) electrons. The summed E-state index contributed by atoms with van der Waals surface area (Å²) in [6.07, 6.45) is 3.22. The summed E-state index contributed by atoms with van der Waals surface area (Å²) in [7, 11) is 0. The van der Waals surface area contributed by atoms with Gasteiger partial charge in [0, 0.05) is 16.9 Å². The zero-order valence-corrected chi connectivity index (χ0v) is 14.0. The third kappa shape index (κ3) is 3.58. The molecule has 1 heterocycles. The Morgan fingerprint density at radius 2 is 2.14 bits per heavy atom. The molecule has 1 aromatic carbocycles. The van der Waals surface area contributed by atoms with Crippen molar-refractivity contribution in [3.05, 3.63) is 34.1 Å². The van der Waals surface area contributed by atoms with Gasteiger partial charge in [0.1, 0.15) is 5.82 Å². The summed E-state index contributed by atoms with van der Waals surface area (Å²) >= 11 is 3.32. The Labute approximate surface area is 138 Å². The molecular formula is C15H19BrClFN2O. The quantitative estimate of drug-likeness (QED) is 0.850. The van der Waals surface area contributed by atoms with Crippen molar-refractivity contribution in [1.82, 2.24) is 10.6 Å². The lowest BCUT2D eigenvalue weighted by Gasteiger charge is -2.23. The van der Waals surface area contributed by atoms with E-state index >= 15 is 0 Å². The van der Waals surface area contributed by atoms with Gasteiger partial charge in [-0.15, -0.1) is 12.4 Å². The summed E-state index contributed by atoms with van der Waals surface area (Å²) in [6, 6.07) is 4.54. The highest BCUT2D eigenvalue weighted by atomic mass is 79.9. The number of carbonyl (C=O) groups excluding carboxylic acids is 1. The van der Waals surface area contributed by atoms with Crippen LogP contribution in [0.1, 0.15) is 24.8 Å². The normalized spacial score (nSPS) is 22.5. The molecule has 1 atom stereocenters. The molecule has 6 heteroatoms. The first kappa shape index (κ1) is 16.7. The van der Waals surface area contributed by atoms with Crippen LogP contribution in [0.15, 0.2) is 22.7 Å². The molecule has 3 nitrogen and oxygen atoms in total. The molecular weight excluding hydrogens is 359 g/mol. The van der Waals surface area contributed by atoms with E-state index in [1.165, 1.54) is 12.1 Å². The first-order chi connectivity index (χ1) is 9.61. The number of hydrogen-bond donors (Lipinski definition) is 2. The molecule has 1 saturated carbocycles. The Morgan fingerprint density at radius 1 is 1.43 bits per heavy atom. The summed E-state index contributed by atoms with van der Waals surface area (Å²) < 4.78 is 13.7. The predicted molar refractivity (Wildman–Crippen MR) is 85.8 cm³/mol. The lowest BCUT2D eigenvalue weighted by molar-refractivity contribution is -0.123. The number of piperidine rings is 1. The fourth-order valence-corrected chi connectivity index (χ4v) is 3.66. The second kappa shape index (κ2) is 6.63. The van der Waals surface area contributed by atoms with Crippen molar-refractivity contribution in [2.24, 2.45) is 11.3 Å². The maximum atomic E-state index is 13.0. The molecule has 2 fully saturated rings. The zero-order chi connectivity index (χ0) is 14.2. The van der Waals surface area contributed by atoms with Crippen molar-refractivity contribution >= 4 is 34.2 Å². The Hall–Kier alpha value is -0.650. The monoisotopic (exact) mass is 376 g/mol. The number of amides is 1. The molecule has 21 heavy (non-hydrogen) atoms. The largest absolute Gasteiger partial charge is 0.352 e. The summed E-state index contributed by atoms with van der Waals surface area (Å²) in [5, 5.41) is 6.32. The van der Waals surface area contributed by atoms with E-state index in [4.69, 9.17) is 0 Å². The SMILES string of the molecule is Cl.O=C(NCc1ccc(F)cc1Br)C1CC12CCNCC2. The van der Waals surface area contributed by atoms with Gasteiger partial charge in [0.15, 0.2) is 0 Å². The average Bonchev–Trinajstić information content (AvgIpc) is 3.12. The van der Waals surface area contributed by atoms with Gasteiger partial charge in [-0.3, -0.25) is 4.79 Å². The average molecular weight is 378 g/mol. The summed E-state index contributed by atoms with van der Waals surface area (Å²) in [5.41, 5.74) is 1.16. The third-order valence-corrected chi connectivity index (χ3v) is 5.31. The van der Waals surface area contributed by atoms with Crippen molar-refractivity contribution in [3.8, 4) is 0 Å². The number of rotatable bonds is 3. The summed E-state index contributed by atoms with van der Waals surface area (Å²) in [5.74, 6) is 0.0368. The van der Waals surface area contributed by atoms with Crippen LogP contribution in [0.2, 0.25) is 0 Å². The number of halogens is 3. The molecule has 116 valence electrons. The Bertz CT molecular complexity index is 534. The van der Waals surface area contributed by atoms with Crippen molar-refractivity contribution in [3.63, 3.8) is 0 Å². The fraction of sp³-hybridized carbons (Fsp3) is 0.533. The lowest BCUT2D eigenvalue weighted by atomic mass is 9.92. The highest BCUT2D eigenvalue weighted by Crippen LogP contribution is 2.58. The molecule has 1 amide bonds. The van der Waals surface area contributed by atoms with Gasteiger partial charge in [-0.1, -0.05) is 22.0 Å². The minimum Gasteiger partial charge on any atom is -0.352 e. The van der Waals surface area contributed by atoms with Crippen LogP contribution >= 0.6 is 28.3 Å². The van der Waals surface area contributed by atoms with Gasteiger partial charge in [-0.05, 0) is 55.5 Å². The molecule has 0 bridgehead atoms. The van der Waals surface area contributed by atoms with Crippen LogP contribution < -0.4 is 10.6 Å². The number of benzene rings is 1. The first-order valence-electron chi connectivity index (χ1n) is 7.03. The molecule has 2 N–H and O–H groups in total. The van der Waals surface area contributed by atoms with Crippen molar-refractivity contribution in [2.45, 2.75) is 25.8 Å². The van der Waals surface area contributed by atoms with Gasteiger partial charge in [-0.25, -0.2) is 4.39 Å². The standard InChI is InChI=1S/C15H18BrFN2O.ClH/c16-13-7-11(17)2-1-10(13)9-19-14(20)12-8-15(12)3-5-18-6-4-15;/h1-2,7,12,18H,3-6,8-9H2,(H,19,20);1H. The second-order valence-electron chi connectivity index (χ2n) is 5.82. The Kier molecular flexibility index (Phi) is 5.28. The second-order valence-corrected chi connectivity index (χ2v) is 6.68. The summed E-state index contributed by atoms with van der Waals surface area (Å²) in [4.78, 5) is 12.2. The van der Waals surface area contributed by atoms with Crippen LogP contribution in [-0.2, 0) is 11.3 Å². The number of carbonyl (C=O) groups is 1. The zero-order valence-electron chi connectivity index (χ0n) is 11.6. The van der Waals surface area contributed by atoms with Gasteiger partial charge in [0.2, 0.25) is 5.91 Å². The minimum absolute atomic E-state index is 0. The molecule has 1 unspecified atom stereocenters. The topological polar surface area (TPSA) is 41.1 Å². The van der Waals surface area contributed by atoms with Gasteiger partial charge in [-0.2, -0.15) is 0 Å². The van der Waals surface area contributed by atoms with E-state index < -0.39 is 0 Å². The van der Waals surface area contributed by atoms with E-state index in [0.29, 0.717) is 11.0 Å². The van der Waals surface area contributed by atoms with E-state index in [-0.39, 0.29) is 35.5 Å². The smallest absolute Gasteiger partial charge is 0.223 e. The van der Waals surface area contributed by atoms with Gasteiger partial charge in [0.05, 0.1) is 0 Å². The van der Waals surface area contributed by atoms with Gasteiger partial charge < -0.3 is 10.6 Å². The summed E-state index contributed by atoms with van der Waals surface area (Å²) in [6.45, 7) is 2.49. The van der Waals surface area contributed by atoms with E-state index in [0.717, 1.165) is 37.9 Å². The lowest BCUT2D eigenvalue weighted by Crippen LogP contribution is -2.33. The van der Waals surface area contributed by atoms with Gasteiger partial charge in [0.25, 0.3) is 0 Å². The molecule has 3 rings (SSSR count). The van der Waals surface area contributed by atoms with E-state index in [1.54, 1.807) is 6.07 Å². The highest BCUT2D eigenvalue weighted by Gasteiger charge is 2.57. The van der Waals surface area contributed by atoms with Crippen LogP contribution in [0.5, 0.6) is 0 Å². The van der Waals surface area contributed by atoms with Crippen molar-refractivity contribution in [1.29, 1.82) is 0 Å². The molecule has 1 aliphatic heterocycles. The fourth-order valence-electron chi connectivity index (χ4n) is 3.17. The molecule has 1 aliphatic carbocycles. The van der Waals surface area contributed by atoms with Crippen LogP contribution in [0.25, 0.3) is 0 Å². The van der Waals surface area contributed by atoms with Crippen LogP contribution in [0, 0.1) is 17.2 Å². The minimum atomic E-state index is -0.275. The predicted octanol–water partition coefficient (Wildman–Crippen LogP) is 3.02. The highest BCUT2D eigenvalue weighted by molar-refractivity contribution is 9.10. The molecule has 0 aromatic heterocycles. The van der Waals surface area contributed by atoms with Crippen molar-refractivity contribution in [2.75, 3.05) is 13.1 Å².